The molecule has 0 aromatic heterocycles. The molecule has 0 spiro atoms. The second kappa shape index (κ2) is 7.09. The van der Waals surface area contributed by atoms with Crippen LogP contribution < -0.4 is 11.1 Å². The van der Waals surface area contributed by atoms with Crippen LogP contribution in [0.3, 0.4) is 0 Å². The third-order valence-corrected chi connectivity index (χ3v) is 4.03. The minimum Gasteiger partial charge on any atom is -0.378 e. The maximum atomic E-state index is 11.8. The minimum atomic E-state index is -0.139. The Kier molecular flexibility index (Phi) is 5.17. The quantitative estimate of drug-likeness (QED) is 0.779. The number of carbonyl (C=O) groups is 2. The third kappa shape index (κ3) is 4.09. The molecule has 0 saturated heterocycles. The molecule has 1 aromatic carbocycles. The van der Waals surface area contributed by atoms with Crippen molar-refractivity contribution in [1.29, 1.82) is 0 Å². The number of amidine groups is 1. The van der Waals surface area contributed by atoms with E-state index in [-0.39, 0.29) is 17.1 Å². The standard InChI is InChI=1S/C14H17N3O2S/c15-14-17-13(19)11(20-14)8-4-5-9-16-12(18)10-6-2-1-3-7-10/h1-3,6-7,11H,4-5,8-9H2,(H,16,18)(H2,15,17,19)/t11-/m1/s1. The number of aliphatic imine (C=N–C) groups is 1. The highest BCUT2D eigenvalue weighted by Gasteiger charge is 2.25. The van der Waals surface area contributed by atoms with Gasteiger partial charge in [-0.05, 0) is 25.0 Å². The number of nitrogens with two attached hydrogens (primary N) is 1. The number of benzene rings is 1. The number of rotatable bonds is 6. The lowest BCUT2D eigenvalue weighted by molar-refractivity contribution is -0.117. The van der Waals surface area contributed by atoms with Crippen LogP contribution in [0.1, 0.15) is 29.6 Å². The van der Waals surface area contributed by atoms with E-state index in [1.807, 2.05) is 18.2 Å². The van der Waals surface area contributed by atoms with Gasteiger partial charge in [0.1, 0.15) is 0 Å². The summed E-state index contributed by atoms with van der Waals surface area (Å²) in [7, 11) is 0. The van der Waals surface area contributed by atoms with Crippen LogP contribution in [0.2, 0.25) is 0 Å². The number of hydrogen-bond donors (Lipinski definition) is 2. The highest BCUT2D eigenvalue weighted by atomic mass is 32.2. The Hall–Kier alpha value is -1.82. The summed E-state index contributed by atoms with van der Waals surface area (Å²) >= 11 is 1.33. The Morgan fingerprint density at radius 3 is 2.70 bits per heavy atom. The van der Waals surface area contributed by atoms with Crippen LogP contribution in [0.5, 0.6) is 0 Å². The SMILES string of the molecule is NC1=NC(=O)[C@@H](CCCCNC(=O)c2ccccc2)S1. The Morgan fingerprint density at radius 2 is 2.05 bits per heavy atom. The number of amides is 2. The maximum absolute atomic E-state index is 11.8. The monoisotopic (exact) mass is 291 g/mol. The molecule has 106 valence electrons. The highest BCUT2D eigenvalue weighted by molar-refractivity contribution is 8.15. The van der Waals surface area contributed by atoms with Gasteiger partial charge in [-0.1, -0.05) is 36.4 Å². The van der Waals surface area contributed by atoms with E-state index in [1.165, 1.54) is 11.8 Å². The van der Waals surface area contributed by atoms with Gasteiger partial charge < -0.3 is 11.1 Å². The van der Waals surface area contributed by atoms with Crippen molar-refractivity contribution in [2.24, 2.45) is 10.7 Å². The number of nitrogens with zero attached hydrogens (tertiary/aromatic N) is 1. The lowest BCUT2D eigenvalue weighted by atomic mass is 10.1. The molecule has 2 rings (SSSR count). The largest absolute Gasteiger partial charge is 0.378 e. The van der Waals surface area contributed by atoms with E-state index in [0.717, 1.165) is 19.3 Å². The van der Waals surface area contributed by atoms with Gasteiger partial charge in [-0.15, -0.1) is 0 Å². The summed E-state index contributed by atoms with van der Waals surface area (Å²) in [5.41, 5.74) is 6.15. The maximum Gasteiger partial charge on any atom is 0.261 e. The first kappa shape index (κ1) is 14.6. The van der Waals surface area contributed by atoms with Gasteiger partial charge in [0, 0.05) is 12.1 Å². The second-order valence-corrected chi connectivity index (χ2v) is 5.74. The summed E-state index contributed by atoms with van der Waals surface area (Å²) < 4.78 is 0. The fourth-order valence-electron chi connectivity index (χ4n) is 1.93. The summed E-state index contributed by atoms with van der Waals surface area (Å²) in [5.74, 6) is -0.203. The predicted molar refractivity (Wildman–Crippen MR) is 80.6 cm³/mol. The molecule has 0 fully saturated rings. The van der Waals surface area contributed by atoms with Crippen molar-refractivity contribution in [3.8, 4) is 0 Å². The van der Waals surface area contributed by atoms with Crippen LogP contribution >= 0.6 is 11.8 Å². The van der Waals surface area contributed by atoms with Crippen LogP contribution in [-0.2, 0) is 4.79 Å². The number of thioether (sulfide) groups is 1. The van der Waals surface area contributed by atoms with Crippen molar-refractivity contribution in [3.63, 3.8) is 0 Å². The topological polar surface area (TPSA) is 84.5 Å². The molecule has 5 nitrogen and oxygen atoms in total. The molecule has 0 unspecified atom stereocenters. The first-order chi connectivity index (χ1) is 9.66. The Bertz CT molecular complexity index is 516. The fraction of sp³-hybridized carbons (Fsp3) is 0.357. The molecule has 0 saturated carbocycles. The van der Waals surface area contributed by atoms with Crippen LogP contribution in [0.4, 0.5) is 0 Å². The van der Waals surface area contributed by atoms with Crippen molar-refractivity contribution in [2.45, 2.75) is 24.5 Å². The van der Waals surface area contributed by atoms with Crippen molar-refractivity contribution >= 4 is 28.7 Å². The number of unbranched alkanes of at least 4 members (excludes halogenated alkanes) is 1. The molecule has 1 heterocycles. The van der Waals surface area contributed by atoms with Gasteiger partial charge in [-0.2, -0.15) is 4.99 Å². The molecule has 1 aliphatic rings. The zero-order chi connectivity index (χ0) is 14.4. The smallest absolute Gasteiger partial charge is 0.261 e. The normalized spacial score (nSPS) is 17.9. The predicted octanol–water partition coefficient (Wildman–Crippen LogP) is 1.54. The fourth-order valence-corrected chi connectivity index (χ4v) is 2.81. The summed E-state index contributed by atoms with van der Waals surface area (Å²) in [4.78, 5) is 26.8. The van der Waals surface area contributed by atoms with Gasteiger partial charge >= 0.3 is 0 Å². The zero-order valence-corrected chi connectivity index (χ0v) is 11.9. The number of carbonyl (C=O) groups excluding carboxylic acids is 2. The molecule has 1 aromatic rings. The Balaban J connectivity index is 1.61. The second-order valence-electron chi connectivity index (χ2n) is 4.51. The molecule has 1 aliphatic heterocycles. The zero-order valence-electron chi connectivity index (χ0n) is 11.0. The Labute approximate surface area is 122 Å². The van der Waals surface area contributed by atoms with Gasteiger partial charge in [-0.25, -0.2) is 0 Å². The summed E-state index contributed by atoms with van der Waals surface area (Å²) in [6.45, 7) is 0.607. The molecule has 1 atom stereocenters. The lowest BCUT2D eigenvalue weighted by Gasteiger charge is -2.07. The lowest BCUT2D eigenvalue weighted by Crippen LogP contribution is -2.24. The van der Waals surface area contributed by atoms with Crippen molar-refractivity contribution in [1.82, 2.24) is 5.32 Å². The number of hydrogen-bond acceptors (Lipinski definition) is 4. The average Bonchev–Trinajstić information content (AvgIpc) is 2.77. The van der Waals surface area contributed by atoms with Gasteiger partial charge in [0.15, 0.2) is 5.17 Å². The van der Waals surface area contributed by atoms with E-state index >= 15 is 0 Å². The molecule has 0 radical (unpaired) electrons. The molecule has 0 bridgehead atoms. The summed E-state index contributed by atoms with van der Waals surface area (Å²) in [6, 6.07) is 9.11. The van der Waals surface area contributed by atoms with E-state index in [1.54, 1.807) is 12.1 Å². The van der Waals surface area contributed by atoms with E-state index in [0.29, 0.717) is 17.3 Å². The Morgan fingerprint density at radius 1 is 1.30 bits per heavy atom. The van der Waals surface area contributed by atoms with E-state index < -0.39 is 0 Å². The van der Waals surface area contributed by atoms with E-state index in [2.05, 4.69) is 10.3 Å². The summed E-state index contributed by atoms with van der Waals surface area (Å²) in [6.07, 6.45) is 2.44. The van der Waals surface area contributed by atoms with Gasteiger partial charge in [0.2, 0.25) is 0 Å². The van der Waals surface area contributed by atoms with Crippen LogP contribution in [0.15, 0.2) is 35.3 Å². The molecule has 0 aliphatic carbocycles. The van der Waals surface area contributed by atoms with E-state index in [9.17, 15) is 9.59 Å². The molecule has 20 heavy (non-hydrogen) atoms. The molecule has 6 heteroatoms. The first-order valence-corrected chi connectivity index (χ1v) is 7.42. The van der Waals surface area contributed by atoms with E-state index in [4.69, 9.17) is 5.73 Å². The van der Waals surface area contributed by atoms with Gasteiger partial charge in [0.05, 0.1) is 5.25 Å². The van der Waals surface area contributed by atoms with Crippen molar-refractivity contribution in [2.75, 3.05) is 6.54 Å². The summed E-state index contributed by atoms with van der Waals surface area (Å²) in [5, 5.41) is 3.08. The molecule has 3 N–H and O–H groups in total. The average molecular weight is 291 g/mol. The van der Waals surface area contributed by atoms with Crippen LogP contribution in [0.25, 0.3) is 0 Å². The van der Waals surface area contributed by atoms with Crippen molar-refractivity contribution in [3.05, 3.63) is 35.9 Å². The minimum absolute atomic E-state index is 0.0653. The van der Waals surface area contributed by atoms with Crippen LogP contribution in [0, 0.1) is 0 Å². The highest BCUT2D eigenvalue weighted by Crippen LogP contribution is 2.24. The van der Waals surface area contributed by atoms with Crippen LogP contribution in [-0.4, -0.2) is 28.8 Å². The first-order valence-electron chi connectivity index (χ1n) is 6.55. The molecule has 2 amide bonds. The van der Waals surface area contributed by atoms with Gasteiger partial charge in [0.25, 0.3) is 11.8 Å². The molecular weight excluding hydrogens is 274 g/mol. The van der Waals surface area contributed by atoms with Crippen molar-refractivity contribution < 1.29 is 9.59 Å². The van der Waals surface area contributed by atoms with Gasteiger partial charge in [-0.3, -0.25) is 9.59 Å². The number of nitrogens with one attached hydrogen (secondary N) is 1. The third-order valence-electron chi connectivity index (χ3n) is 2.97. The molecular formula is C14H17N3O2S.